The zero-order valence-electron chi connectivity index (χ0n) is 10.7. The van der Waals surface area contributed by atoms with E-state index in [1.807, 2.05) is 25.9 Å². The Kier molecular flexibility index (Phi) is 5.52. The quantitative estimate of drug-likeness (QED) is 0.553. The monoisotopic (exact) mass is 315 g/mol. The number of nitrogen functional groups attached to an aromatic ring is 1. The second-order valence-electron chi connectivity index (χ2n) is 4.33. The lowest BCUT2D eigenvalue weighted by Crippen LogP contribution is -2.40. The second kappa shape index (κ2) is 6.67. The largest absolute Gasteiger partial charge is 0.348 e. The first kappa shape index (κ1) is 14.9. The molecule has 7 heteroatoms. The number of rotatable bonds is 5. The topological polar surface area (TPSA) is 83.3 Å². The Morgan fingerprint density at radius 2 is 2.28 bits per heavy atom. The van der Waals surface area contributed by atoms with Crippen molar-refractivity contribution in [2.75, 3.05) is 26.1 Å². The predicted molar refractivity (Wildman–Crippen MR) is 75.2 cm³/mol. The zero-order chi connectivity index (χ0) is 13.7. The Morgan fingerprint density at radius 1 is 1.61 bits per heavy atom. The van der Waals surface area contributed by atoms with Gasteiger partial charge in [-0.1, -0.05) is 0 Å². The molecule has 0 aromatic carbocycles. The molecule has 18 heavy (non-hydrogen) atoms. The predicted octanol–water partition coefficient (Wildman–Crippen LogP) is 0.810. The molecule has 0 radical (unpaired) electrons. The molecule has 6 nitrogen and oxygen atoms in total. The molecule has 1 heterocycles. The number of hydrazine groups is 1. The minimum Gasteiger partial charge on any atom is -0.348 e. The first-order valence-corrected chi connectivity index (χ1v) is 6.31. The number of hydrogen-bond donors (Lipinski definition) is 3. The number of nitrogens with zero attached hydrogens (tertiary/aromatic N) is 2. The molecule has 0 aliphatic heterocycles. The van der Waals surface area contributed by atoms with Crippen molar-refractivity contribution < 1.29 is 4.79 Å². The smallest absolute Gasteiger partial charge is 0.255 e. The molecule has 100 valence electrons. The molecule has 1 amide bonds. The van der Waals surface area contributed by atoms with Crippen molar-refractivity contribution in [3.05, 3.63) is 22.3 Å². The van der Waals surface area contributed by atoms with E-state index >= 15 is 0 Å². The van der Waals surface area contributed by atoms with Gasteiger partial charge in [0, 0.05) is 23.3 Å². The Hall–Kier alpha value is -1.18. The molecule has 1 aromatic heterocycles. The Bertz CT molecular complexity index is 424. The minimum atomic E-state index is -0.203. The molecule has 0 spiro atoms. The van der Waals surface area contributed by atoms with Gasteiger partial charge < -0.3 is 15.6 Å². The van der Waals surface area contributed by atoms with E-state index in [1.54, 1.807) is 12.3 Å². The van der Waals surface area contributed by atoms with Gasteiger partial charge in [0.05, 0.1) is 5.56 Å². The van der Waals surface area contributed by atoms with Gasteiger partial charge in [-0.2, -0.15) is 0 Å². The van der Waals surface area contributed by atoms with Crippen LogP contribution in [-0.2, 0) is 0 Å². The Morgan fingerprint density at radius 3 is 2.83 bits per heavy atom. The molecular weight excluding hydrogens is 298 g/mol. The molecule has 1 rings (SSSR count). The third-order valence-electron chi connectivity index (χ3n) is 2.25. The number of nitrogens with two attached hydrogens (primary N) is 1. The molecule has 1 unspecified atom stereocenters. The van der Waals surface area contributed by atoms with E-state index < -0.39 is 0 Å². The lowest BCUT2D eigenvalue weighted by Gasteiger charge is -2.19. The molecule has 1 atom stereocenters. The van der Waals surface area contributed by atoms with Gasteiger partial charge in [-0.15, -0.1) is 0 Å². The Balaban J connectivity index is 2.80. The van der Waals surface area contributed by atoms with Crippen LogP contribution in [0.2, 0.25) is 0 Å². The minimum absolute atomic E-state index is 0.0390. The molecule has 0 saturated carbocycles. The lowest BCUT2D eigenvalue weighted by molar-refractivity contribution is 0.0935. The van der Waals surface area contributed by atoms with E-state index in [4.69, 9.17) is 5.84 Å². The highest BCUT2D eigenvalue weighted by Gasteiger charge is 2.15. The van der Waals surface area contributed by atoms with Gasteiger partial charge in [0.1, 0.15) is 0 Å². The van der Waals surface area contributed by atoms with Gasteiger partial charge in [0.15, 0.2) is 5.82 Å². The fourth-order valence-electron chi connectivity index (χ4n) is 1.62. The van der Waals surface area contributed by atoms with Gasteiger partial charge in [-0.05, 0) is 43.0 Å². The molecule has 1 aromatic rings. The van der Waals surface area contributed by atoms with E-state index in [0.29, 0.717) is 11.4 Å². The number of carbonyl (C=O) groups excluding carboxylic acids is 1. The van der Waals surface area contributed by atoms with E-state index in [2.05, 4.69) is 31.7 Å². The lowest BCUT2D eigenvalue weighted by atomic mass is 10.2. The van der Waals surface area contributed by atoms with Crippen LogP contribution in [0.4, 0.5) is 5.82 Å². The van der Waals surface area contributed by atoms with Gasteiger partial charge in [0.25, 0.3) is 5.91 Å². The van der Waals surface area contributed by atoms with Crippen molar-refractivity contribution in [2.24, 2.45) is 5.84 Å². The molecular formula is C11H18BrN5O. The standard InChI is InChI=1S/C11H18BrN5O/c1-7(6-17(2)3)15-11(18)9-4-8(12)5-14-10(9)16-13/h4-5,7H,6,13H2,1-3H3,(H,14,16)(H,15,18). The van der Waals surface area contributed by atoms with Gasteiger partial charge in [-0.25, -0.2) is 10.8 Å². The van der Waals surface area contributed by atoms with Crippen LogP contribution in [0.1, 0.15) is 17.3 Å². The van der Waals surface area contributed by atoms with Crippen LogP contribution in [-0.4, -0.2) is 42.5 Å². The molecule has 0 aliphatic rings. The summed E-state index contributed by atoms with van der Waals surface area (Å²) in [5.41, 5.74) is 2.83. The van der Waals surface area contributed by atoms with Crippen LogP contribution in [0.3, 0.4) is 0 Å². The van der Waals surface area contributed by atoms with Gasteiger partial charge >= 0.3 is 0 Å². The maximum atomic E-state index is 12.1. The van der Waals surface area contributed by atoms with Crippen molar-refractivity contribution >= 4 is 27.7 Å². The van der Waals surface area contributed by atoms with E-state index in [-0.39, 0.29) is 11.9 Å². The molecule has 0 saturated heterocycles. The summed E-state index contributed by atoms with van der Waals surface area (Å²) < 4.78 is 0.729. The van der Waals surface area contributed by atoms with Gasteiger partial charge in [0.2, 0.25) is 0 Å². The fourth-order valence-corrected chi connectivity index (χ4v) is 1.95. The van der Waals surface area contributed by atoms with Crippen LogP contribution < -0.4 is 16.6 Å². The second-order valence-corrected chi connectivity index (χ2v) is 5.25. The number of carbonyl (C=O) groups is 1. The third-order valence-corrected chi connectivity index (χ3v) is 2.69. The SMILES string of the molecule is CC(CN(C)C)NC(=O)c1cc(Br)cnc1NN. The Labute approximate surface area is 115 Å². The zero-order valence-corrected chi connectivity index (χ0v) is 12.3. The summed E-state index contributed by atoms with van der Waals surface area (Å²) in [7, 11) is 3.91. The summed E-state index contributed by atoms with van der Waals surface area (Å²) >= 11 is 3.28. The first-order valence-electron chi connectivity index (χ1n) is 5.51. The van der Waals surface area contributed by atoms with Crippen LogP contribution >= 0.6 is 15.9 Å². The number of halogens is 1. The van der Waals surface area contributed by atoms with Crippen molar-refractivity contribution in [1.29, 1.82) is 0 Å². The number of amides is 1. The van der Waals surface area contributed by atoms with Crippen LogP contribution in [0.25, 0.3) is 0 Å². The summed E-state index contributed by atoms with van der Waals surface area (Å²) in [5, 5.41) is 2.89. The first-order chi connectivity index (χ1) is 8.43. The highest BCUT2D eigenvalue weighted by Crippen LogP contribution is 2.17. The van der Waals surface area contributed by atoms with Crippen molar-refractivity contribution in [3.63, 3.8) is 0 Å². The van der Waals surface area contributed by atoms with Gasteiger partial charge in [-0.3, -0.25) is 4.79 Å². The maximum absolute atomic E-state index is 12.1. The average molecular weight is 316 g/mol. The molecule has 0 aliphatic carbocycles. The number of anilines is 1. The third kappa shape index (κ3) is 4.25. The van der Waals surface area contributed by atoms with Crippen molar-refractivity contribution in [2.45, 2.75) is 13.0 Å². The summed E-state index contributed by atoms with van der Waals surface area (Å²) in [4.78, 5) is 18.1. The van der Waals surface area contributed by atoms with E-state index in [9.17, 15) is 4.79 Å². The van der Waals surface area contributed by atoms with E-state index in [1.165, 1.54) is 0 Å². The van der Waals surface area contributed by atoms with Crippen LogP contribution in [0.5, 0.6) is 0 Å². The normalized spacial score (nSPS) is 12.3. The summed E-state index contributed by atoms with van der Waals surface area (Å²) in [6, 6.07) is 1.72. The summed E-state index contributed by atoms with van der Waals surface area (Å²) in [6.07, 6.45) is 1.58. The molecule has 0 fully saturated rings. The number of hydrogen-bond acceptors (Lipinski definition) is 5. The summed E-state index contributed by atoms with van der Waals surface area (Å²) in [5.74, 6) is 5.49. The van der Waals surface area contributed by atoms with Crippen molar-refractivity contribution in [1.82, 2.24) is 15.2 Å². The summed E-state index contributed by atoms with van der Waals surface area (Å²) in [6.45, 7) is 2.71. The maximum Gasteiger partial charge on any atom is 0.255 e. The number of pyridine rings is 1. The number of likely N-dealkylation sites (N-methyl/N-ethyl adjacent to an activating group) is 1. The molecule has 0 bridgehead atoms. The highest BCUT2D eigenvalue weighted by atomic mass is 79.9. The van der Waals surface area contributed by atoms with E-state index in [0.717, 1.165) is 11.0 Å². The number of aromatic nitrogens is 1. The van der Waals surface area contributed by atoms with Crippen LogP contribution in [0.15, 0.2) is 16.7 Å². The fraction of sp³-hybridized carbons (Fsp3) is 0.455. The average Bonchev–Trinajstić information content (AvgIpc) is 2.27. The molecule has 4 N–H and O–H groups in total. The highest BCUT2D eigenvalue weighted by molar-refractivity contribution is 9.10. The van der Waals surface area contributed by atoms with Crippen molar-refractivity contribution in [3.8, 4) is 0 Å². The van der Waals surface area contributed by atoms with Crippen LogP contribution in [0, 0.1) is 0 Å². The number of nitrogens with one attached hydrogen (secondary N) is 2.